The van der Waals surface area contributed by atoms with E-state index in [-0.39, 0.29) is 23.2 Å². The Bertz CT molecular complexity index is 447. The van der Waals surface area contributed by atoms with Crippen LogP contribution in [0, 0.1) is 0 Å². The standard InChI is InChI=1S/C12H18N2O2/c1-3-8(4-2)10-7-11(15)14(9-5-6-9)12(16)13-10/h7-9H,3-6H2,1-2H3,(H,13,16). The van der Waals surface area contributed by atoms with Crippen molar-refractivity contribution in [3.63, 3.8) is 0 Å². The average molecular weight is 222 g/mol. The van der Waals surface area contributed by atoms with Gasteiger partial charge in [-0.05, 0) is 31.6 Å². The predicted octanol–water partition coefficient (Wildman–Crippen LogP) is 1.78. The first-order valence-electron chi connectivity index (χ1n) is 6.03. The van der Waals surface area contributed by atoms with E-state index in [0.29, 0.717) is 0 Å². The molecule has 0 atom stereocenters. The van der Waals surface area contributed by atoms with Crippen molar-refractivity contribution in [2.45, 2.75) is 51.5 Å². The molecule has 4 heteroatoms. The summed E-state index contributed by atoms with van der Waals surface area (Å²) in [4.78, 5) is 26.5. The average Bonchev–Trinajstić information content (AvgIpc) is 3.03. The van der Waals surface area contributed by atoms with E-state index in [1.165, 1.54) is 4.57 Å². The molecule has 1 aromatic heterocycles. The molecule has 88 valence electrons. The topological polar surface area (TPSA) is 54.9 Å². The molecule has 1 saturated carbocycles. The number of hydrogen-bond donors (Lipinski definition) is 1. The zero-order valence-electron chi connectivity index (χ0n) is 9.82. The molecule has 1 aliphatic carbocycles. The third kappa shape index (κ3) is 1.96. The van der Waals surface area contributed by atoms with Crippen LogP contribution in [0.2, 0.25) is 0 Å². The molecule has 0 amide bonds. The van der Waals surface area contributed by atoms with Crippen LogP contribution < -0.4 is 11.2 Å². The third-order valence-corrected chi connectivity index (χ3v) is 3.32. The number of rotatable bonds is 4. The smallest absolute Gasteiger partial charge is 0.311 e. The third-order valence-electron chi connectivity index (χ3n) is 3.32. The van der Waals surface area contributed by atoms with Crippen molar-refractivity contribution in [1.82, 2.24) is 9.55 Å². The first-order valence-corrected chi connectivity index (χ1v) is 6.03. The highest BCUT2D eigenvalue weighted by Crippen LogP contribution is 2.32. The summed E-state index contributed by atoms with van der Waals surface area (Å²) in [5, 5.41) is 0. The molecule has 1 aromatic rings. The Morgan fingerprint density at radius 1 is 1.38 bits per heavy atom. The summed E-state index contributed by atoms with van der Waals surface area (Å²) >= 11 is 0. The van der Waals surface area contributed by atoms with E-state index in [2.05, 4.69) is 18.8 Å². The van der Waals surface area contributed by atoms with E-state index in [9.17, 15) is 9.59 Å². The van der Waals surface area contributed by atoms with Crippen LogP contribution in [-0.4, -0.2) is 9.55 Å². The fourth-order valence-corrected chi connectivity index (χ4v) is 2.15. The van der Waals surface area contributed by atoms with Crippen molar-refractivity contribution in [1.29, 1.82) is 0 Å². The minimum atomic E-state index is -0.239. The maximum absolute atomic E-state index is 11.8. The van der Waals surface area contributed by atoms with Gasteiger partial charge in [0.2, 0.25) is 0 Å². The Kier molecular flexibility index (Phi) is 2.99. The first kappa shape index (κ1) is 11.2. The molecule has 1 heterocycles. The minimum absolute atomic E-state index is 0.145. The zero-order chi connectivity index (χ0) is 11.7. The lowest BCUT2D eigenvalue weighted by atomic mass is 9.99. The van der Waals surface area contributed by atoms with Gasteiger partial charge in [0.15, 0.2) is 0 Å². The van der Waals surface area contributed by atoms with Crippen molar-refractivity contribution in [2.24, 2.45) is 0 Å². The van der Waals surface area contributed by atoms with Gasteiger partial charge in [0, 0.05) is 17.8 Å². The molecule has 0 radical (unpaired) electrons. The summed E-state index contributed by atoms with van der Waals surface area (Å²) in [5.41, 5.74) is 0.405. The molecule has 0 spiro atoms. The molecule has 0 aliphatic heterocycles. The molecular weight excluding hydrogens is 204 g/mol. The van der Waals surface area contributed by atoms with E-state index in [1.807, 2.05) is 0 Å². The Hall–Kier alpha value is -1.32. The van der Waals surface area contributed by atoms with E-state index < -0.39 is 0 Å². The molecule has 0 bridgehead atoms. The molecule has 2 rings (SSSR count). The second-order valence-electron chi connectivity index (χ2n) is 4.48. The fourth-order valence-electron chi connectivity index (χ4n) is 2.15. The summed E-state index contributed by atoms with van der Waals surface area (Å²) in [6.07, 6.45) is 3.79. The van der Waals surface area contributed by atoms with Crippen LogP contribution in [0.5, 0.6) is 0 Å². The van der Waals surface area contributed by atoms with Gasteiger partial charge in [0.05, 0.1) is 0 Å². The van der Waals surface area contributed by atoms with Gasteiger partial charge in [0.25, 0.3) is 5.56 Å². The van der Waals surface area contributed by atoms with Crippen molar-refractivity contribution >= 4 is 0 Å². The summed E-state index contributed by atoms with van der Waals surface area (Å²) < 4.78 is 1.35. The lowest BCUT2D eigenvalue weighted by Crippen LogP contribution is -2.35. The highest BCUT2D eigenvalue weighted by Gasteiger charge is 2.27. The van der Waals surface area contributed by atoms with E-state index in [4.69, 9.17) is 0 Å². The fraction of sp³-hybridized carbons (Fsp3) is 0.667. The minimum Gasteiger partial charge on any atom is -0.311 e. The largest absolute Gasteiger partial charge is 0.328 e. The molecule has 0 saturated heterocycles. The van der Waals surface area contributed by atoms with Gasteiger partial charge in [-0.2, -0.15) is 0 Å². The van der Waals surface area contributed by atoms with Gasteiger partial charge < -0.3 is 4.98 Å². The Labute approximate surface area is 94.3 Å². The number of hydrogen-bond acceptors (Lipinski definition) is 2. The maximum atomic E-state index is 11.8. The van der Waals surface area contributed by atoms with Crippen LogP contribution in [0.3, 0.4) is 0 Å². The van der Waals surface area contributed by atoms with Gasteiger partial charge in [-0.3, -0.25) is 9.36 Å². The number of aromatic nitrogens is 2. The summed E-state index contributed by atoms with van der Waals surface area (Å²) in [7, 11) is 0. The molecule has 1 fully saturated rings. The lowest BCUT2D eigenvalue weighted by molar-refractivity contribution is 0.588. The maximum Gasteiger partial charge on any atom is 0.328 e. The number of nitrogens with zero attached hydrogens (tertiary/aromatic N) is 1. The number of nitrogens with one attached hydrogen (secondary N) is 1. The Balaban J connectivity index is 2.44. The Morgan fingerprint density at radius 3 is 2.44 bits per heavy atom. The highest BCUT2D eigenvalue weighted by molar-refractivity contribution is 5.07. The summed E-state index contributed by atoms with van der Waals surface area (Å²) in [6.45, 7) is 4.14. The van der Waals surface area contributed by atoms with Gasteiger partial charge in [-0.15, -0.1) is 0 Å². The first-order chi connectivity index (χ1) is 7.67. The lowest BCUT2D eigenvalue weighted by Gasteiger charge is -2.12. The number of H-pyrrole nitrogens is 1. The van der Waals surface area contributed by atoms with Gasteiger partial charge in [0.1, 0.15) is 0 Å². The monoisotopic (exact) mass is 222 g/mol. The van der Waals surface area contributed by atoms with Crippen molar-refractivity contribution < 1.29 is 0 Å². The van der Waals surface area contributed by atoms with Gasteiger partial charge in [-0.25, -0.2) is 4.79 Å². The molecule has 1 aliphatic rings. The van der Waals surface area contributed by atoms with Crippen molar-refractivity contribution in [3.8, 4) is 0 Å². The molecule has 16 heavy (non-hydrogen) atoms. The van der Waals surface area contributed by atoms with Gasteiger partial charge in [-0.1, -0.05) is 13.8 Å². The summed E-state index contributed by atoms with van der Waals surface area (Å²) in [6, 6.07) is 1.74. The normalized spacial score (nSPS) is 15.7. The van der Waals surface area contributed by atoms with Crippen LogP contribution >= 0.6 is 0 Å². The molecular formula is C12H18N2O2. The van der Waals surface area contributed by atoms with E-state index in [1.54, 1.807) is 6.07 Å². The van der Waals surface area contributed by atoms with Crippen molar-refractivity contribution in [3.05, 3.63) is 32.6 Å². The van der Waals surface area contributed by atoms with Crippen molar-refractivity contribution in [2.75, 3.05) is 0 Å². The van der Waals surface area contributed by atoms with Crippen LogP contribution in [-0.2, 0) is 0 Å². The zero-order valence-corrected chi connectivity index (χ0v) is 9.82. The highest BCUT2D eigenvalue weighted by atomic mass is 16.2. The second-order valence-corrected chi connectivity index (χ2v) is 4.48. The van der Waals surface area contributed by atoms with Gasteiger partial charge >= 0.3 is 5.69 Å². The predicted molar refractivity (Wildman–Crippen MR) is 62.9 cm³/mol. The summed E-state index contributed by atoms with van der Waals surface area (Å²) in [5.74, 6) is 0.286. The van der Waals surface area contributed by atoms with Crippen LogP contribution in [0.1, 0.15) is 57.2 Å². The molecule has 0 unspecified atom stereocenters. The van der Waals surface area contributed by atoms with Crippen LogP contribution in [0.4, 0.5) is 0 Å². The quantitative estimate of drug-likeness (QED) is 0.844. The SMILES string of the molecule is CCC(CC)c1cc(=O)n(C2CC2)c(=O)[nH]1. The number of aromatic amines is 1. The Morgan fingerprint density at radius 2 is 2.00 bits per heavy atom. The van der Waals surface area contributed by atoms with Crippen LogP contribution in [0.25, 0.3) is 0 Å². The van der Waals surface area contributed by atoms with E-state index >= 15 is 0 Å². The molecule has 1 N–H and O–H groups in total. The van der Waals surface area contributed by atoms with E-state index in [0.717, 1.165) is 31.4 Å². The molecule has 0 aromatic carbocycles. The second kappa shape index (κ2) is 4.28. The van der Waals surface area contributed by atoms with Crippen LogP contribution in [0.15, 0.2) is 15.7 Å². The molecule has 4 nitrogen and oxygen atoms in total.